The first-order chi connectivity index (χ1) is 8.49. The summed E-state index contributed by atoms with van der Waals surface area (Å²) in [5.41, 5.74) is 0.340. The summed E-state index contributed by atoms with van der Waals surface area (Å²) >= 11 is 1.56. The second kappa shape index (κ2) is 5.17. The van der Waals surface area contributed by atoms with Gasteiger partial charge in [-0.3, -0.25) is 0 Å². The van der Waals surface area contributed by atoms with E-state index >= 15 is 0 Å². The largest absolute Gasteiger partial charge is 0.299 e. The highest BCUT2D eigenvalue weighted by Crippen LogP contribution is 2.26. The van der Waals surface area contributed by atoms with Gasteiger partial charge in [0, 0.05) is 5.25 Å². The zero-order valence-electron chi connectivity index (χ0n) is 10.3. The molecule has 0 aromatic carbocycles. The molecule has 0 saturated heterocycles. The van der Waals surface area contributed by atoms with E-state index in [4.69, 9.17) is 0 Å². The van der Waals surface area contributed by atoms with E-state index in [0.717, 1.165) is 4.52 Å². The Labute approximate surface area is 108 Å². The Bertz CT molecular complexity index is 541. The van der Waals surface area contributed by atoms with Gasteiger partial charge in [0.25, 0.3) is 6.43 Å². The van der Waals surface area contributed by atoms with Gasteiger partial charge in [-0.05, 0) is 18.1 Å². The molecule has 2 heterocycles. The number of hydrogen-bond donors (Lipinski definition) is 0. The molecule has 0 radical (unpaired) electrons. The summed E-state index contributed by atoms with van der Waals surface area (Å²) in [4.78, 5) is 0. The van der Waals surface area contributed by atoms with E-state index in [9.17, 15) is 8.78 Å². The highest BCUT2D eigenvalue weighted by Gasteiger charge is 2.18. The van der Waals surface area contributed by atoms with Crippen LogP contribution < -0.4 is 0 Å². The van der Waals surface area contributed by atoms with E-state index in [1.807, 2.05) is 0 Å². The first kappa shape index (κ1) is 13.2. The lowest BCUT2D eigenvalue weighted by Crippen LogP contribution is -2.07. The van der Waals surface area contributed by atoms with Crippen molar-refractivity contribution in [2.24, 2.45) is 5.92 Å². The average Bonchev–Trinajstić information content (AvgIpc) is 2.71. The molecule has 0 saturated carbocycles. The lowest BCUT2D eigenvalue weighted by molar-refractivity contribution is 0.137. The lowest BCUT2D eigenvalue weighted by atomic mass is 10.2. The van der Waals surface area contributed by atoms with Crippen LogP contribution >= 0.6 is 11.8 Å². The molecular weight excluding hydrogens is 258 g/mol. The monoisotopic (exact) mass is 272 g/mol. The minimum absolute atomic E-state index is 0.340. The van der Waals surface area contributed by atoms with E-state index in [0.29, 0.717) is 21.8 Å². The van der Waals surface area contributed by atoms with Crippen LogP contribution in [0.1, 0.15) is 33.0 Å². The predicted molar refractivity (Wildman–Crippen MR) is 65.9 cm³/mol. The SMILES string of the molecule is CC(C)C(C)Sc1ccc2nnc(C(F)F)n2n1. The summed E-state index contributed by atoms with van der Waals surface area (Å²) in [7, 11) is 0. The first-order valence-electron chi connectivity index (χ1n) is 5.66. The number of nitrogens with zero attached hydrogens (tertiary/aromatic N) is 4. The number of rotatable bonds is 4. The fourth-order valence-electron chi connectivity index (χ4n) is 1.31. The standard InChI is InChI=1S/C11H14F2N4S/c1-6(2)7(3)18-9-5-4-8-14-15-11(10(12)13)17(8)16-9/h4-7,10H,1-3H3. The molecule has 0 aliphatic carbocycles. The summed E-state index contributed by atoms with van der Waals surface area (Å²) in [6.07, 6.45) is -2.67. The van der Waals surface area contributed by atoms with Crippen LogP contribution in [0.3, 0.4) is 0 Å². The maximum atomic E-state index is 12.7. The quantitative estimate of drug-likeness (QED) is 0.802. The van der Waals surface area contributed by atoms with Crippen LogP contribution in [0.5, 0.6) is 0 Å². The molecule has 0 N–H and O–H groups in total. The third-order valence-corrected chi connectivity index (χ3v) is 4.08. The molecule has 1 unspecified atom stereocenters. The zero-order chi connectivity index (χ0) is 13.3. The predicted octanol–water partition coefficient (Wildman–Crippen LogP) is 3.20. The number of aromatic nitrogens is 4. The van der Waals surface area contributed by atoms with Gasteiger partial charge in [-0.2, -0.15) is 9.61 Å². The second-order valence-electron chi connectivity index (χ2n) is 4.37. The molecule has 0 fully saturated rings. The van der Waals surface area contributed by atoms with Crippen molar-refractivity contribution in [3.8, 4) is 0 Å². The molecule has 0 amide bonds. The van der Waals surface area contributed by atoms with Crippen molar-refractivity contribution in [1.29, 1.82) is 0 Å². The van der Waals surface area contributed by atoms with Crippen molar-refractivity contribution in [3.63, 3.8) is 0 Å². The van der Waals surface area contributed by atoms with Gasteiger partial charge in [0.05, 0.1) is 0 Å². The van der Waals surface area contributed by atoms with Crippen LogP contribution in [0.2, 0.25) is 0 Å². The minimum Gasteiger partial charge on any atom is -0.201 e. The first-order valence-corrected chi connectivity index (χ1v) is 6.54. The third-order valence-electron chi connectivity index (χ3n) is 2.70. The number of fused-ring (bicyclic) bond motifs is 1. The summed E-state index contributed by atoms with van der Waals surface area (Å²) in [6, 6.07) is 3.43. The Balaban J connectivity index is 2.33. The number of halogens is 2. The van der Waals surface area contributed by atoms with Crippen molar-refractivity contribution in [2.75, 3.05) is 0 Å². The molecule has 0 aliphatic heterocycles. The van der Waals surface area contributed by atoms with E-state index in [-0.39, 0.29) is 0 Å². The average molecular weight is 272 g/mol. The topological polar surface area (TPSA) is 43.1 Å². The van der Waals surface area contributed by atoms with Crippen molar-refractivity contribution >= 4 is 17.4 Å². The summed E-state index contributed by atoms with van der Waals surface area (Å²) in [5.74, 6) is 0.0765. The molecule has 2 aromatic rings. The van der Waals surface area contributed by atoms with Crippen LogP contribution in [0.25, 0.3) is 5.65 Å². The normalized spacial score (nSPS) is 13.7. The highest BCUT2D eigenvalue weighted by molar-refractivity contribution is 7.99. The highest BCUT2D eigenvalue weighted by atomic mass is 32.2. The number of hydrogen-bond acceptors (Lipinski definition) is 4. The summed E-state index contributed by atoms with van der Waals surface area (Å²) in [6.45, 7) is 6.31. The number of alkyl halides is 2. The van der Waals surface area contributed by atoms with Crippen LogP contribution in [-0.2, 0) is 0 Å². The van der Waals surface area contributed by atoms with E-state index < -0.39 is 12.2 Å². The Morgan fingerprint density at radius 3 is 2.50 bits per heavy atom. The Morgan fingerprint density at radius 2 is 1.89 bits per heavy atom. The van der Waals surface area contributed by atoms with Gasteiger partial charge in [-0.15, -0.1) is 22.0 Å². The Kier molecular flexibility index (Phi) is 3.79. The minimum atomic E-state index is -2.67. The molecule has 7 heteroatoms. The molecule has 18 heavy (non-hydrogen) atoms. The molecule has 2 rings (SSSR count). The van der Waals surface area contributed by atoms with Gasteiger partial charge in [-0.1, -0.05) is 20.8 Å². The van der Waals surface area contributed by atoms with Crippen molar-refractivity contribution in [1.82, 2.24) is 19.8 Å². The van der Waals surface area contributed by atoms with Crippen LogP contribution in [0.15, 0.2) is 17.2 Å². The molecule has 0 spiro atoms. The lowest BCUT2D eigenvalue weighted by Gasteiger charge is -2.13. The maximum Gasteiger partial charge on any atom is 0.299 e. The van der Waals surface area contributed by atoms with Crippen molar-refractivity contribution < 1.29 is 8.78 Å². The van der Waals surface area contributed by atoms with E-state index in [2.05, 4.69) is 36.1 Å². The molecular formula is C11H14F2N4S. The zero-order valence-corrected chi connectivity index (χ0v) is 11.2. The molecule has 0 aliphatic rings. The second-order valence-corrected chi connectivity index (χ2v) is 5.77. The van der Waals surface area contributed by atoms with Crippen molar-refractivity contribution in [2.45, 2.75) is 37.5 Å². The maximum absolute atomic E-state index is 12.7. The Hall–Kier alpha value is -1.24. The summed E-state index contributed by atoms with van der Waals surface area (Å²) in [5, 5.41) is 12.3. The molecule has 4 nitrogen and oxygen atoms in total. The van der Waals surface area contributed by atoms with Gasteiger partial charge in [-0.25, -0.2) is 8.78 Å². The Morgan fingerprint density at radius 1 is 1.17 bits per heavy atom. The van der Waals surface area contributed by atoms with Gasteiger partial charge >= 0.3 is 0 Å². The third kappa shape index (κ3) is 2.60. The van der Waals surface area contributed by atoms with Crippen molar-refractivity contribution in [3.05, 3.63) is 18.0 Å². The fourth-order valence-corrected chi connectivity index (χ4v) is 2.24. The number of thioether (sulfide) groups is 1. The van der Waals surface area contributed by atoms with Gasteiger partial charge in [0.1, 0.15) is 5.03 Å². The smallest absolute Gasteiger partial charge is 0.201 e. The molecule has 98 valence electrons. The van der Waals surface area contributed by atoms with Crippen LogP contribution in [0.4, 0.5) is 8.78 Å². The van der Waals surface area contributed by atoms with E-state index in [1.165, 1.54) is 0 Å². The molecule has 1 atom stereocenters. The van der Waals surface area contributed by atoms with Crippen LogP contribution in [0, 0.1) is 5.92 Å². The molecule has 2 aromatic heterocycles. The van der Waals surface area contributed by atoms with Gasteiger partial charge in [0.2, 0.25) is 5.82 Å². The summed E-state index contributed by atoms with van der Waals surface area (Å²) < 4.78 is 26.5. The van der Waals surface area contributed by atoms with E-state index in [1.54, 1.807) is 23.9 Å². The fraction of sp³-hybridized carbons (Fsp3) is 0.545. The van der Waals surface area contributed by atoms with Crippen LogP contribution in [-0.4, -0.2) is 25.1 Å². The molecule has 0 bridgehead atoms. The van der Waals surface area contributed by atoms with Gasteiger partial charge in [0.15, 0.2) is 5.65 Å². The van der Waals surface area contributed by atoms with Gasteiger partial charge < -0.3 is 0 Å².